The van der Waals surface area contributed by atoms with E-state index in [1.807, 2.05) is 52.0 Å². The molecule has 28 heavy (non-hydrogen) atoms. The van der Waals surface area contributed by atoms with Crippen LogP contribution in [-0.4, -0.2) is 42.9 Å². The van der Waals surface area contributed by atoms with Crippen LogP contribution in [0.4, 0.5) is 0 Å². The van der Waals surface area contributed by atoms with E-state index in [4.69, 9.17) is 14.0 Å². The summed E-state index contributed by atoms with van der Waals surface area (Å²) < 4.78 is 16.4. The number of hydrogen-bond acceptors (Lipinski definition) is 6. The fraction of sp³-hybridized carbons (Fsp3) is 0.526. The highest BCUT2D eigenvalue weighted by atomic mass is 127. The van der Waals surface area contributed by atoms with Crippen LogP contribution in [0.3, 0.4) is 0 Å². The summed E-state index contributed by atoms with van der Waals surface area (Å²) >= 11 is 0. The van der Waals surface area contributed by atoms with Crippen LogP contribution in [0.25, 0.3) is 0 Å². The summed E-state index contributed by atoms with van der Waals surface area (Å²) in [5, 5.41) is 10.4. The quantitative estimate of drug-likeness (QED) is 0.341. The Morgan fingerprint density at radius 1 is 1.25 bits per heavy atom. The van der Waals surface area contributed by atoms with Gasteiger partial charge in [0.25, 0.3) is 0 Å². The number of hydrogen-bond donors (Lipinski definition) is 2. The number of ether oxygens (including phenoxy) is 2. The van der Waals surface area contributed by atoms with Gasteiger partial charge in [-0.15, -0.1) is 24.0 Å². The summed E-state index contributed by atoms with van der Waals surface area (Å²) in [4.78, 5) is 8.59. The summed E-state index contributed by atoms with van der Waals surface area (Å²) in [5.41, 5.74) is -0.169. The molecule has 1 aromatic heterocycles. The lowest BCUT2D eigenvalue weighted by Gasteiger charge is -2.17. The highest BCUT2D eigenvalue weighted by Crippen LogP contribution is 2.20. The van der Waals surface area contributed by atoms with Crippen molar-refractivity contribution in [2.45, 2.75) is 45.8 Å². The Morgan fingerprint density at radius 3 is 2.57 bits per heavy atom. The number of guanidine groups is 1. The Kier molecular flexibility index (Phi) is 9.50. The zero-order chi connectivity index (χ0) is 19.9. The van der Waals surface area contributed by atoms with Crippen molar-refractivity contribution in [3.05, 3.63) is 36.0 Å². The second-order valence-corrected chi connectivity index (χ2v) is 7.18. The van der Waals surface area contributed by atoms with Crippen LogP contribution in [0.2, 0.25) is 0 Å². The second-order valence-electron chi connectivity index (χ2n) is 7.18. The van der Waals surface area contributed by atoms with Gasteiger partial charge in [-0.05, 0) is 19.1 Å². The first-order valence-corrected chi connectivity index (χ1v) is 8.90. The van der Waals surface area contributed by atoms with Crippen LogP contribution in [0.15, 0.2) is 33.8 Å². The molecule has 0 amide bonds. The van der Waals surface area contributed by atoms with Crippen molar-refractivity contribution < 1.29 is 14.0 Å². The number of nitrogens with zero attached hydrogens (tertiary/aromatic N) is 3. The molecule has 1 aromatic carbocycles. The molecule has 156 valence electrons. The van der Waals surface area contributed by atoms with Crippen LogP contribution in [0.1, 0.15) is 39.4 Å². The van der Waals surface area contributed by atoms with Crippen LogP contribution in [0.5, 0.6) is 11.5 Å². The summed E-state index contributed by atoms with van der Waals surface area (Å²) in [6.45, 7) is 9.07. The largest absolute Gasteiger partial charge is 0.497 e. The van der Waals surface area contributed by atoms with E-state index in [1.54, 1.807) is 14.2 Å². The van der Waals surface area contributed by atoms with Gasteiger partial charge in [-0.1, -0.05) is 32.0 Å². The second kappa shape index (κ2) is 11.1. The third-order valence-corrected chi connectivity index (χ3v) is 3.68. The predicted molar refractivity (Wildman–Crippen MR) is 120 cm³/mol. The van der Waals surface area contributed by atoms with Gasteiger partial charge < -0.3 is 24.6 Å². The molecule has 0 bridgehead atoms. The number of halogens is 1. The Balaban J connectivity index is 0.00000392. The van der Waals surface area contributed by atoms with Crippen LogP contribution in [-0.2, 0) is 12.0 Å². The lowest BCUT2D eigenvalue weighted by Crippen LogP contribution is -2.41. The topological polar surface area (TPSA) is 93.8 Å². The van der Waals surface area contributed by atoms with Gasteiger partial charge in [-0.25, -0.2) is 0 Å². The maximum atomic E-state index is 5.89. The molecule has 0 aliphatic heterocycles. The fourth-order valence-corrected chi connectivity index (χ4v) is 2.20. The highest BCUT2D eigenvalue weighted by Gasteiger charge is 2.21. The first-order chi connectivity index (χ1) is 12.8. The molecule has 0 aliphatic carbocycles. The van der Waals surface area contributed by atoms with Crippen molar-refractivity contribution in [2.24, 2.45) is 4.99 Å². The van der Waals surface area contributed by atoms with Crippen LogP contribution >= 0.6 is 24.0 Å². The summed E-state index contributed by atoms with van der Waals surface area (Å²) in [6, 6.07) is 7.53. The summed E-state index contributed by atoms with van der Waals surface area (Å²) in [6.07, 6.45) is -0.0617. The lowest BCUT2D eigenvalue weighted by molar-refractivity contribution is 0.223. The molecule has 1 atom stereocenters. The summed E-state index contributed by atoms with van der Waals surface area (Å²) in [7, 11) is 3.34. The number of nitrogens with one attached hydrogen (secondary N) is 2. The van der Waals surface area contributed by atoms with Gasteiger partial charge in [0.2, 0.25) is 5.89 Å². The molecular weight excluding hydrogens is 473 g/mol. The zero-order valence-electron chi connectivity index (χ0n) is 17.3. The molecule has 2 aromatic rings. The Labute approximate surface area is 183 Å². The van der Waals surface area contributed by atoms with Crippen LogP contribution < -0.4 is 20.1 Å². The third kappa shape index (κ3) is 7.53. The summed E-state index contributed by atoms with van der Waals surface area (Å²) in [5.74, 6) is 3.36. The van der Waals surface area contributed by atoms with E-state index in [0.717, 1.165) is 11.5 Å². The highest BCUT2D eigenvalue weighted by molar-refractivity contribution is 14.0. The van der Waals surface area contributed by atoms with E-state index in [-0.39, 0.29) is 35.5 Å². The van der Waals surface area contributed by atoms with Crippen molar-refractivity contribution in [3.63, 3.8) is 0 Å². The van der Waals surface area contributed by atoms with Crippen molar-refractivity contribution in [1.82, 2.24) is 20.8 Å². The van der Waals surface area contributed by atoms with E-state index in [9.17, 15) is 0 Å². The first-order valence-electron chi connectivity index (χ1n) is 8.90. The van der Waals surface area contributed by atoms with E-state index < -0.39 is 0 Å². The smallest absolute Gasteiger partial charge is 0.232 e. The third-order valence-electron chi connectivity index (χ3n) is 3.68. The minimum Gasteiger partial charge on any atom is -0.497 e. The molecule has 1 unspecified atom stereocenters. The molecule has 9 heteroatoms. The molecule has 0 fully saturated rings. The van der Waals surface area contributed by atoms with E-state index in [2.05, 4.69) is 25.8 Å². The van der Waals surface area contributed by atoms with E-state index in [1.165, 1.54) is 0 Å². The molecule has 0 radical (unpaired) electrons. The minimum absolute atomic E-state index is 0. The number of aliphatic imine (C=N–C) groups is 1. The van der Waals surface area contributed by atoms with Gasteiger partial charge in [0, 0.05) is 18.5 Å². The molecule has 8 nitrogen and oxygen atoms in total. The Bertz CT molecular complexity index is 758. The molecule has 1 heterocycles. The van der Waals surface area contributed by atoms with Gasteiger partial charge in [0.05, 0.1) is 20.2 Å². The minimum atomic E-state index is -0.169. The van der Waals surface area contributed by atoms with Crippen LogP contribution in [0, 0.1) is 0 Å². The maximum absolute atomic E-state index is 5.89. The average molecular weight is 503 g/mol. The van der Waals surface area contributed by atoms with Gasteiger partial charge in [0.1, 0.15) is 17.6 Å². The van der Waals surface area contributed by atoms with Gasteiger partial charge in [-0.2, -0.15) is 4.98 Å². The molecular formula is C19H30IN5O3. The SMILES string of the molecule is CN=C(NCc1noc(C(C)(C)C)n1)NCC(C)Oc1cccc(OC)c1.I. The average Bonchev–Trinajstić information content (AvgIpc) is 3.11. The zero-order valence-corrected chi connectivity index (χ0v) is 19.6. The Hall–Kier alpha value is -2.04. The van der Waals surface area contributed by atoms with Crippen molar-refractivity contribution in [1.29, 1.82) is 0 Å². The number of benzene rings is 1. The van der Waals surface area contributed by atoms with Gasteiger partial charge in [-0.3, -0.25) is 4.99 Å². The normalized spacial score (nSPS) is 12.7. The number of methoxy groups -OCH3 is 1. The monoisotopic (exact) mass is 503 g/mol. The molecule has 0 saturated heterocycles. The first kappa shape index (κ1) is 24.0. The molecule has 2 N–H and O–H groups in total. The van der Waals surface area contributed by atoms with Gasteiger partial charge >= 0.3 is 0 Å². The fourth-order valence-electron chi connectivity index (χ4n) is 2.20. The number of aromatic nitrogens is 2. The number of rotatable bonds is 7. The standard InChI is InChI=1S/C19H29N5O3.HI/c1-13(26-15-9-7-8-14(10-15)25-6)11-21-18(20-5)22-12-16-23-17(27-24-16)19(2,3)4;/h7-10,13H,11-12H2,1-6H3,(H2,20,21,22);1H. The molecule has 2 rings (SSSR count). The van der Waals surface area contributed by atoms with Crippen molar-refractivity contribution in [3.8, 4) is 11.5 Å². The Morgan fingerprint density at radius 2 is 1.96 bits per heavy atom. The van der Waals surface area contributed by atoms with Crippen molar-refractivity contribution >= 4 is 29.9 Å². The molecule has 0 saturated carbocycles. The predicted octanol–water partition coefficient (Wildman–Crippen LogP) is 3.13. The maximum Gasteiger partial charge on any atom is 0.232 e. The molecule has 0 aliphatic rings. The molecule has 0 spiro atoms. The van der Waals surface area contributed by atoms with E-state index >= 15 is 0 Å². The van der Waals surface area contributed by atoms with Gasteiger partial charge in [0.15, 0.2) is 11.8 Å². The van der Waals surface area contributed by atoms with Crippen molar-refractivity contribution in [2.75, 3.05) is 20.7 Å². The van der Waals surface area contributed by atoms with E-state index in [0.29, 0.717) is 30.8 Å². The lowest BCUT2D eigenvalue weighted by atomic mass is 9.97.